The van der Waals surface area contributed by atoms with Crippen LogP contribution in [0.2, 0.25) is 0 Å². The molecule has 5 nitrogen and oxygen atoms in total. The Morgan fingerprint density at radius 3 is 2.38 bits per heavy atom. The molecule has 0 aliphatic heterocycles. The third-order valence-corrected chi connectivity index (χ3v) is 7.77. The summed E-state index contributed by atoms with van der Waals surface area (Å²) in [7, 11) is 0. The topological polar surface area (TPSA) is 51.7 Å². The largest absolute Gasteiger partial charge is 0.490 e. The molecule has 2 fully saturated rings. The first-order valence-electron chi connectivity index (χ1n) is 13.0. The Morgan fingerprint density at radius 2 is 1.74 bits per heavy atom. The number of ether oxygens (including phenoxy) is 2. The summed E-state index contributed by atoms with van der Waals surface area (Å²) in [6.45, 7) is 8.73. The molecule has 186 valence electrons. The van der Waals surface area contributed by atoms with Gasteiger partial charge in [-0.05, 0) is 89.5 Å². The zero-order chi connectivity index (χ0) is 24.1. The Kier molecular flexibility index (Phi) is 8.18. The van der Waals surface area contributed by atoms with E-state index in [0.717, 1.165) is 53.7 Å². The summed E-state index contributed by atoms with van der Waals surface area (Å²) in [5.41, 5.74) is 1.64. The van der Waals surface area contributed by atoms with E-state index < -0.39 is 5.60 Å². The monoisotopic (exact) mass is 484 g/mol. The van der Waals surface area contributed by atoms with Gasteiger partial charge in [-0.25, -0.2) is 4.98 Å². The standard InChI is InChI=1S/C28H40N2O3S/c1-20-9-13-23(14-10-20)32-24-15-11-21(12-16-24)25-19-34-27(29-25)30(22-7-5-6-8-22)18-17-26(31)33-28(2,3)4/h11-12,15-16,19-20,22-23H,5-10,13-14,17-18H2,1-4H3. The first-order valence-corrected chi connectivity index (χ1v) is 13.9. The van der Waals surface area contributed by atoms with Crippen LogP contribution in [-0.2, 0) is 9.53 Å². The molecule has 0 atom stereocenters. The Balaban J connectivity index is 1.40. The van der Waals surface area contributed by atoms with E-state index in [-0.39, 0.29) is 5.97 Å². The highest BCUT2D eigenvalue weighted by molar-refractivity contribution is 7.14. The second-order valence-electron chi connectivity index (χ2n) is 11.0. The minimum absolute atomic E-state index is 0.143. The van der Waals surface area contributed by atoms with Gasteiger partial charge in [-0.2, -0.15) is 0 Å². The van der Waals surface area contributed by atoms with Crippen LogP contribution in [0.3, 0.4) is 0 Å². The molecular formula is C28H40N2O3S. The fourth-order valence-electron chi connectivity index (χ4n) is 5.03. The summed E-state index contributed by atoms with van der Waals surface area (Å²) in [5, 5.41) is 3.13. The number of benzene rings is 1. The molecule has 34 heavy (non-hydrogen) atoms. The first-order chi connectivity index (χ1) is 16.3. The number of rotatable bonds is 8. The van der Waals surface area contributed by atoms with Crippen LogP contribution in [0, 0.1) is 5.92 Å². The van der Waals surface area contributed by atoms with E-state index in [2.05, 4.69) is 41.5 Å². The zero-order valence-electron chi connectivity index (χ0n) is 21.2. The highest BCUT2D eigenvalue weighted by Gasteiger charge is 2.27. The van der Waals surface area contributed by atoms with Gasteiger partial charge in [0.05, 0.1) is 18.2 Å². The van der Waals surface area contributed by atoms with Crippen LogP contribution in [0.1, 0.15) is 85.5 Å². The maximum absolute atomic E-state index is 12.3. The molecule has 4 rings (SSSR count). The summed E-state index contributed by atoms with van der Waals surface area (Å²) in [6, 6.07) is 8.82. The second kappa shape index (κ2) is 11.1. The van der Waals surface area contributed by atoms with E-state index in [0.29, 0.717) is 25.1 Å². The van der Waals surface area contributed by atoms with Crippen LogP contribution in [-0.4, -0.2) is 35.2 Å². The minimum atomic E-state index is -0.449. The average Bonchev–Trinajstić information content (AvgIpc) is 3.48. The predicted molar refractivity (Wildman–Crippen MR) is 140 cm³/mol. The number of aromatic nitrogens is 1. The number of esters is 1. The minimum Gasteiger partial charge on any atom is -0.490 e. The number of hydrogen-bond donors (Lipinski definition) is 0. The fourth-order valence-corrected chi connectivity index (χ4v) is 5.96. The van der Waals surface area contributed by atoms with Crippen LogP contribution in [0.4, 0.5) is 5.13 Å². The van der Waals surface area contributed by atoms with Crippen LogP contribution >= 0.6 is 11.3 Å². The molecule has 0 N–H and O–H groups in total. The van der Waals surface area contributed by atoms with Crippen molar-refractivity contribution in [2.45, 2.75) is 103 Å². The summed E-state index contributed by atoms with van der Waals surface area (Å²) in [4.78, 5) is 19.7. The van der Waals surface area contributed by atoms with Crippen LogP contribution in [0.5, 0.6) is 5.75 Å². The van der Waals surface area contributed by atoms with E-state index in [4.69, 9.17) is 14.5 Å². The number of nitrogens with zero attached hydrogens (tertiary/aromatic N) is 2. The van der Waals surface area contributed by atoms with Crippen molar-refractivity contribution in [1.82, 2.24) is 4.98 Å². The molecule has 0 spiro atoms. The Hall–Kier alpha value is -2.08. The van der Waals surface area contributed by atoms with E-state index >= 15 is 0 Å². The van der Waals surface area contributed by atoms with Gasteiger partial charge in [0.2, 0.25) is 0 Å². The molecule has 1 aromatic carbocycles. The normalized spacial score (nSPS) is 21.4. The lowest BCUT2D eigenvalue weighted by atomic mass is 9.89. The molecule has 0 unspecified atom stereocenters. The van der Waals surface area contributed by atoms with Gasteiger partial charge in [-0.15, -0.1) is 11.3 Å². The Labute approximate surface area is 208 Å². The number of thiazole rings is 1. The zero-order valence-corrected chi connectivity index (χ0v) is 22.0. The molecular weight excluding hydrogens is 444 g/mol. The predicted octanol–water partition coefficient (Wildman–Crippen LogP) is 7.25. The third kappa shape index (κ3) is 6.97. The molecule has 0 saturated heterocycles. The summed E-state index contributed by atoms with van der Waals surface area (Å²) in [6.07, 6.45) is 10.4. The quantitative estimate of drug-likeness (QED) is 0.369. The lowest BCUT2D eigenvalue weighted by molar-refractivity contribution is -0.154. The SMILES string of the molecule is CC1CCC(Oc2ccc(-c3csc(N(CCC(=O)OC(C)(C)C)C4CCCC4)n3)cc2)CC1. The average molecular weight is 485 g/mol. The molecule has 2 saturated carbocycles. The van der Waals surface area contributed by atoms with Gasteiger partial charge in [0.15, 0.2) is 5.13 Å². The molecule has 2 aliphatic rings. The maximum Gasteiger partial charge on any atom is 0.308 e. The molecule has 0 amide bonds. The summed E-state index contributed by atoms with van der Waals surface area (Å²) >= 11 is 1.67. The van der Waals surface area contributed by atoms with Crippen LogP contribution in [0.15, 0.2) is 29.6 Å². The van der Waals surface area contributed by atoms with Gasteiger partial charge < -0.3 is 14.4 Å². The van der Waals surface area contributed by atoms with Gasteiger partial charge in [0.1, 0.15) is 11.4 Å². The number of hydrogen-bond acceptors (Lipinski definition) is 6. The van der Waals surface area contributed by atoms with E-state index in [1.165, 1.54) is 25.7 Å². The molecule has 0 bridgehead atoms. The lowest BCUT2D eigenvalue weighted by Crippen LogP contribution is -2.36. The van der Waals surface area contributed by atoms with Gasteiger partial charge in [0, 0.05) is 23.5 Å². The highest BCUT2D eigenvalue weighted by atomic mass is 32.1. The van der Waals surface area contributed by atoms with Gasteiger partial charge in [0.25, 0.3) is 0 Å². The Morgan fingerprint density at radius 1 is 1.06 bits per heavy atom. The van der Waals surface area contributed by atoms with Crippen molar-refractivity contribution in [3.63, 3.8) is 0 Å². The number of anilines is 1. The Bertz CT molecular complexity index is 920. The van der Waals surface area contributed by atoms with Crippen molar-refractivity contribution in [2.24, 2.45) is 5.92 Å². The van der Waals surface area contributed by atoms with Crippen molar-refractivity contribution in [2.75, 3.05) is 11.4 Å². The van der Waals surface area contributed by atoms with Crippen molar-refractivity contribution >= 4 is 22.4 Å². The van der Waals surface area contributed by atoms with Crippen molar-refractivity contribution < 1.29 is 14.3 Å². The first kappa shape index (κ1) is 25.0. The van der Waals surface area contributed by atoms with E-state index in [1.54, 1.807) is 11.3 Å². The van der Waals surface area contributed by atoms with Crippen LogP contribution < -0.4 is 9.64 Å². The molecule has 2 aromatic rings. The van der Waals surface area contributed by atoms with Gasteiger partial charge in [-0.1, -0.05) is 19.8 Å². The van der Waals surface area contributed by atoms with Crippen LogP contribution in [0.25, 0.3) is 11.3 Å². The molecule has 1 heterocycles. The summed E-state index contributed by atoms with van der Waals surface area (Å²) in [5.74, 6) is 1.63. The molecule has 1 aromatic heterocycles. The third-order valence-electron chi connectivity index (χ3n) is 6.90. The van der Waals surface area contributed by atoms with Crippen molar-refractivity contribution in [1.29, 1.82) is 0 Å². The lowest BCUT2D eigenvalue weighted by Gasteiger charge is -2.29. The number of carbonyl (C=O) groups is 1. The maximum atomic E-state index is 12.3. The molecule has 0 radical (unpaired) electrons. The summed E-state index contributed by atoms with van der Waals surface area (Å²) < 4.78 is 11.8. The van der Waals surface area contributed by atoms with Gasteiger partial charge in [-0.3, -0.25) is 4.79 Å². The highest BCUT2D eigenvalue weighted by Crippen LogP contribution is 2.34. The molecule has 2 aliphatic carbocycles. The van der Waals surface area contributed by atoms with E-state index in [1.807, 2.05) is 20.8 Å². The van der Waals surface area contributed by atoms with Crippen molar-refractivity contribution in [3.8, 4) is 17.0 Å². The molecule has 6 heteroatoms. The van der Waals surface area contributed by atoms with Crippen molar-refractivity contribution in [3.05, 3.63) is 29.6 Å². The number of carbonyl (C=O) groups excluding carboxylic acids is 1. The smallest absolute Gasteiger partial charge is 0.308 e. The van der Waals surface area contributed by atoms with E-state index in [9.17, 15) is 4.79 Å². The fraction of sp³-hybridized carbons (Fsp3) is 0.643. The second-order valence-corrected chi connectivity index (χ2v) is 11.8. The van der Waals surface area contributed by atoms with Gasteiger partial charge >= 0.3 is 5.97 Å².